The van der Waals surface area contributed by atoms with E-state index in [2.05, 4.69) is 10.6 Å². The molecular weight excluding hydrogens is 246 g/mol. The predicted molar refractivity (Wildman–Crippen MR) is 70.9 cm³/mol. The van der Waals surface area contributed by atoms with E-state index in [1.807, 2.05) is 6.92 Å². The molecule has 0 atom stereocenters. The summed E-state index contributed by atoms with van der Waals surface area (Å²) in [5.41, 5.74) is 1.13. The Balaban J connectivity index is 2.01. The zero-order chi connectivity index (χ0) is 13.8. The average molecular weight is 263 g/mol. The molecule has 19 heavy (non-hydrogen) atoms. The molecule has 0 bridgehead atoms. The maximum Gasteiger partial charge on any atom is 0.314 e. The molecule has 1 fully saturated rings. The number of anilines is 1. The van der Waals surface area contributed by atoms with E-state index in [-0.39, 0.29) is 11.4 Å². The number of amides is 2. The van der Waals surface area contributed by atoms with E-state index in [9.17, 15) is 14.7 Å². The second-order valence-electron chi connectivity index (χ2n) is 4.52. The third-order valence-corrected chi connectivity index (χ3v) is 3.00. The number of carbonyl (C=O) groups excluding carboxylic acids is 2. The van der Waals surface area contributed by atoms with Crippen molar-refractivity contribution in [1.82, 2.24) is 10.2 Å². The number of hydrogen-bond acceptors (Lipinski definition) is 4. The fourth-order valence-corrected chi connectivity index (χ4v) is 1.93. The Bertz CT molecular complexity index is 496. The quantitative estimate of drug-likeness (QED) is 0.495. The molecule has 2 rings (SSSR count). The van der Waals surface area contributed by atoms with Crippen LogP contribution in [0, 0.1) is 6.92 Å². The van der Waals surface area contributed by atoms with E-state index < -0.39 is 11.8 Å². The molecule has 6 nitrogen and oxygen atoms in total. The molecule has 2 amide bonds. The van der Waals surface area contributed by atoms with Gasteiger partial charge in [-0.2, -0.15) is 0 Å². The van der Waals surface area contributed by atoms with E-state index in [0.717, 1.165) is 5.56 Å². The number of hydrogen-bond donors (Lipinski definition) is 3. The summed E-state index contributed by atoms with van der Waals surface area (Å²) in [6.45, 7) is 4.25. The normalized spacial score (nSPS) is 15.1. The van der Waals surface area contributed by atoms with Crippen molar-refractivity contribution >= 4 is 17.5 Å². The van der Waals surface area contributed by atoms with Gasteiger partial charge >= 0.3 is 11.8 Å². The monoisotopic (exact) mass is 263 g/mol. The number of phenolic OH excluding ortho intramolecular Hbond substituents is 1. The van der Waals surface area contributed by atoms with Crippen LogP contribution in [0.2, 0.25) is 0 Å². The largest absolute Gasteiger partial charge is 0.506 e. The van der Waals surface area contributed by atoms with Gasteiger partial charge in [0.1, 0.15) is 5.75 Å². The summed E-state index contributed by atoms with van der Waals surface area (Å²) >= 11 is 0. The van der Waals surface area contributed by atoms with Gasteiger partial charge in [0, 0.05) is 26.2 Å². The van der Waals surface area contributed by atoms with E-state index in [0.29, 0.717) is 26.2 Å². The first-order chi connectivity index (χ1) is 9.08. The van der Waals surface area contributed by atoms with Crippen molar-refractivity contribution < 1.29 is 14.7 Å². The molecule has 1 aromatic rings. The van der Waals surface area contributed by atoms with Gasteiger partial charge < -0.3 is 20.6 Å². The van der Waals surface area contributed by atoms with Gasteiger partial charge in [-0.05, 0) is 24.6 Å². The number of rotatable bonds is 1. The summed E-state index contributed by atoms with van der Waals surface area (Å²) in [5.74, 6) is -1.33. The molecule has 3 N–H and O–H groups in total. The van der Waals surface area contributed by atoms with Gasteiger partial charge in [0.15, 0.2) is 0 Å². The average Bonchev–Trinajstić information content (AvgIpc) is 2.42. The van der Waals surface area contributed by atoms with Gasteiger partial charge in [0.25, 0.3) is 0 Å². The Morgan fingerprint density at radius 2 is 2.00 bits per heavy atom. The topological polar surface area (TPSA) is 81.7 Å². The Hall–Kier alpha value is -2.08. The lowest BCUT2D eigenvalue weighted by molar-refractivity contribution is -0.143. The molecule has 0 spiro atoms. The molecule has 102 valence electrons. The second kappa shape index (κ2) is 5.71. The molecule has 0 saturated carbocycles. The zero-order valence-corrected chi connectivity index (χ0v) is 10.8. The third-order valence-electron chi connectivity index (χ3n) is 3.00. The van der Waals surface area contributed by atoms with E-state index in [1.54, 1.807) is 12.1 Å². The van der Waals surface area contributed by atoms with Crippen molar-refractivity contribution in [3.63, 3.8) is 0 Å². The number of aromatic hydroxyl groups is 1. The first-order valence-electron chi connectivity index (χ1n) is 6.18. The number of nitrogens with one attached hydrogen (secondary N) is 2. The highest BCUT2D eigenvalue weighted by atomic mass is 16.3. The maximum atomic E-state index is 11.9. The SMILES string of the molecule is Cc1ccc(NC(=O)C(=O)N2CCNCC2)c(O)c1. The van der Waals surface area contributed by atoms with Crippen LogP contribution in [0.1, 0.15) is 5.56 Å². The number of carbonyl (C=O) groups is 2. The van der Waals surface area contributed by atoms with Gasteiger partial charge in [0.2, 0.25) is 0 Å². The second-order valence-corrected chi connectivity index (χ2v) is 4.52. The van der Waals surface area contributed by atoms with E-state index in [4.69, 9.17) is 0 Å². The summed E-state index contributed by atoms with van der Waals surface area (Å²) in [5, 5.41) is 15.2. The van der Waals surface area contributed by atoms with E-state index in [1.165, 1.54) is 11.0 Å². The molecule has 0 unspecified atom stereocenters. The Morgan fingerprint density at radius 1 is 1.32 bits per heavy atom. The standard InChI is InChI=1S/C13H17N3O3/c1-9-2-3-10(11(17)8-9)15-12(18)13(19)16-6-4-14-5-7-16/h2-3,8,14,17H,4-7H2,1H3,(H,15,18). The van der Waals surface area contributed by atoms with Crippen molar-refractivity contribution in [2.75, 3.05) is 31.5 Å². The van der Waals surface area contributed by atoms with Gasteiger partial charge in [0.05, 0.1) is 5.69 Å². The summed E-state index contributed by atoms with van der Waals surface area (Å²) in [7, 11) is 0. The predicted octanol–water partition coefficient (Wildman–Crippen LogP) is 0.0709. The Morgan fingerprint density at radius 3 is 2.63 bits per heavy atom. The first kappa shape index (κ1) is 13.4. The number of benzene rings is 1. The number of aryl methyl sites for hydroxylation is 1. The van der Waals surface area contributed by atoms with Crippen LogP contribution in [0.5, 0.6) is 5.75 Å². The first-order valence-corrected chi connectivity index (χ1v) is 6.18. The van der Waals surface area contributed by atoms with Crippen LogP contribution >= 0.6 is 0 Å². The molecule has 1 heterocycles. The van der Waals surface area contributed by atoms with Crippen LogP contribution in [0.4, 0.5) is 5.69 Å². The zero-order valence-electron chi connectivity index (χ0n) is 10.8. The lowest BCUT2D eigenvalue weighted by Gasteiger charge is -2.26. The smallest absolute Gasteiger partial charge is 0.314 e. The van der Waals surface area contributed by atoms with Gasteiger partial charge in [-0.1, -0.05) is 6.07 Å². The van der Waals surface area contributed by atoms with Crippen LogP contribution in [0.25, 0.3) is 0 Å². The lowest BCUT2D eigenvalue weighted by atomic mass is 10.2. The lowest BCUT2D eigenvalue weighted by Crippen LogP contribution is -2.49. The molecule has 1 aliphatic heterocycles. The highest BCUT2D eigenvalue weighted by Crippen LogP contribution is 2.23. The van der Waals surface area contributed by atoms with Crippen molar-refractivity contribution in [2.24, 2.45) is 0 Å². The highest BCUT2D eigenvalue weighted by Gasteiger charge is 2.23. The minimum absolute atomic E-state index is 0.0403. The van der Waals surface area contributed by atoms with Crippen molar-refractivity contribution in [1.29, 1.82) is 0 Å². The van der Waals surface area contributed by atoms with Gasteiger partial charge in [-0.15, -0.1) is 0 Å². The van der Waals surface area contributed by atoms with Crippen molar-refractivity contribution in [3.8, 4) is 5.75 Å². The fourth-order valence-electron chi connectivity index (χ4n) is 1.93. The molecule has 0 radical (unpaired) electrons. The third kappa shape index (κ3) is 3.23. The van der Waals surface area contributed by atoms with Gasteiger partial charge in [-0.3, -0.25) is 9.59 Å². The maximum absolute atomic E-state index is 11.9. The Kier molecular flexibility index (Phi) is 4.01. The van der Waals surface area contributed by atoms with Crippen LogP contribution < -0.4 is 10.6 Å². The van der Waals surface area contributed by atoms with E-state index >= 15 is 0 Å². The summed E-state index contributed by atoms with van der Waals surface area (Å²) in [4.78, 5) is 25.2. The summed E-state index contributed by atoms with van der Waals surface area (Å²) in [6, 6.07) is 4.86. The van der Waals surface area contributed by atoms with Crippen LogP contribution in [0.3, 0.4) is 0 Å². The highest BCUT2D eigenvalue weighted by molar-refractivity contribution is 6.39. The van der Waals surface area contributed by atoms with Gasteiger partial charge in [-0.25, -0.2) is 0 Å². The van der Waals surface area contributed by atoms with Crippen LogP contribution in [-0.2, 0) is 9.59 Å². The van der Waals surface area contributed by atoms with Crippen LogP contribution in [-0.4, -0.2) is 48.0 Å². The van der Waals surface area contributed by atoms with Crippen molar-refractivity contribution in [2.45, 2.75) is 6.92 Å². The number of piperazine rings is 1. The molecular formula is C13H17N3O3. The number of nitrogens with zero attached hydrogens (tertiary/aromatic N) is 1. The molecule has 1 saturated heterocycles. The van der Waals surface area contributed by atoms with Crippen molar-refractivity contribution in [3.05, 3.63) is 23.8 Å². The Labute approximate surface area is 111 Å². The van der Waals surface area contributed by atoms with Crippen LogP contribution in [0.15, 0.2) is 18.2 Å². The summed E-state index contributed by atoms with van der Waals surface area (Å²) in [6.07, 6.45) is 0. The fraction of sp³-hybridized carbons (Fsp3) is 0.385. The molecule has 0 aromatic heterocycles. The number of phenols is 1. The molecule has 6 heteroatoms. The molecule has 0 aliphatic carbocycles. The molecule has 1 aromatic carbocycles. The summed E-state index contributed by atoms with van der Waals surface area (Å²) < 4.78 is 0. The minimum Gasteiger partial charge on any atom is -0.506 e. The minimum atomic E-state index is -0.721. The molecule has 1 aliphatic rings.